The summed E-state index contributed by atoms with van der Waals surface area (Å²) in [4.78, 5) is 65.5. The predicted molar refractivity (Wildman–Crippen MR) is 134 cm³/mol. The zero-order chi connectivity index (χ0) is 28.6. The molecule has 2 heterocycles. The van der Waals surface area contributed by atoms with E-state index >= 15 is 0 Å². The number of carbonyl (C=O) groups is 5. The fraction of sp³-hybridized carbons (Fsp3) is 0.577. The zero-order valence-electron chi connectivity index (χ0n) is 21.7. The van der Waals surface area contributed by atoms with Crippen LogP contribution in [-0.4, -0.2) is 77.9 Å². The molecule has 13 heteroatoms. The van der Waals surface area contributed by atoms with Crippen molar-refractivity contribution in [3.8, 4) is 0 Å². The van der Waals surface area contributed by atoms with Crippen LogP contribution in [0.3, 0.4) is 0 Å². The van der Waals surface area contributed by atoms with E-state index in [1.54, 1.807) is 12.2 Å². The monoisotopic (exact) mass is 553 g/mol. The Kier molecular flexibility index (Phi) is 10.3. The number of fused-ring (bicyclic) bond motifs is 1. The van der Waals surface area contributed by atoms with Gasteiger partial charge < -0.3 is 26.2 Å². The second kappa shape index (κ2) is 13.4. The van der Waals surface area contributed by atoms with E-state index in [0.29, 0.717) is 19.4 Å². The molecule has 0 aliphatic carbocycles. The number of carbonyl (C=O) groups excluding carboxylic acids is 5. The molecular weight excluding hydrogens is 519 g/mol. The van der Waals surface area contributed by atoms with Crippen LogP contribution in [0.1, 0.15) is 51.0 Å². The van der Waals surface area contributed by atoms with Gasteiger partial charge in [-0.15, -0.1) is 0 Å². The van der Waals surface area contributed by atoms with Gasteiger partial charge in [0.15, 0.2) is 0 Å². The first-order chi connectivity index (χ1) is 18.5. The first kappa shape index (κ1) is 29.9. The van der Waals surface area contributed by atoms with Crippen LogP contribution in [0.5, 0.6) is 0 Å². The smallest absolute Gasteiger partial charge is 0.348 e. The lowest BCUT2D eigenvalue weighted by atomic mass is 10.0. The SMILES string of the molecule is CC[C@@H]1NC(=O)[C@H](CCCCNC(=O)C(F)(F)F)NC(=O)[C@H]2CCCN2C(=O)[C@H](Cc2ccccc2)NC1=O. The van der Waals surface area contributed by atoms with Crippen molar-refractivity contribution in [1.82, 2.24) is 26.2 Å². The van der Waals surface area contributed by atoms with E-state index in [0.717, 1.165) is 5.56 Å². The van der Waals surface area contributed by atoms with Gasteiger partial charge in [0, 0.05) is 19.5 Å². The maximum atomic E-state index is 13.6. The number of hydrogen-bond donors (Lipinski definition) is 4. The Hall–Kier alpha value is -3.64. The minimum atomic E-state index is -4.98. The van der Waals surface area contributed by atoms with Crippen molar-refractivity contribution in [2.75, 3.05) is 13.1 Å². The Morgan fingerprint density at radius 3 is 2.26 bits per heavy atom. The maximum absolute atomic E-state index is 13.6. The summed E-state index contributed by atoms with van der Waals surface area (Å²) in [6.07, 6.45) is -3.17. The number of rotatable bonds is 8. The third kappa shape index (κ3) is 8.17. The summed E-state index contributed by atoms with van der Waals surface area (Å²) in [5.41, 5.74) is 0.826. The number of nitrogens with one attached hydrogen (secondary N) is 4. The molecule has 0 unspecified atom stereocenters. The van der Waals surface area contributed by atoms with Crippen LogP contribution in [0.15, 0.2) is 30.3 Å². The van der Waals surface area contributed by atoms with Crippen molar-refractivity contribution in [2.45, 2.75) is 82.2 Å². The van der Waals surface area contributed by atoms with Crippen molar-refractivity contribution in [1.29, 1.82) is 0 Å². The molecule has 2 aliphatic heterocycles. The molecule has 5 amide bonds. The topological polar surface area (TPSA) is 137 Å². The summed E-state index contributed by atoms with van der Waals surface area (Å²) in [7, 11) is 0. The molecule has 1 aromatic rings. The quantitative estimate of drug-likeness (QED) is 0.356. The van der Waals surface area contributed by atoms with Gasteiger partial charge in [0.05, 0.1) is 0 Å². The molecule has 4 N–H and O–H groups in total. The van der Waals surface area contributed by atoms with Gasteiger partial charge >= 0.3 is 12.1 Å². The first-order valence-corrected chi connectivity index (χ1v) is 13.1. The molecule has 3 rings (SSSR count). The normalized spacial score (nSPS) is 24.6. The van der Waals surface area contributed by atoms with E-state index in [9.17, 15) is 37.1 Å². The Morgan fingerprint density at radius 2 is 1.59 bits per heavy atom. The van der Waals surface area contributed by atoms with E-state index in [2.05, 4.69) is 16.0 Å². The van der Waals surface area contributed by atoms with Crippen molar-refractivity contribution in [3.63, 3.8) is 0 Å². The zero-order valence-corrected chi connectivity index (χ0v) is 21.7. The molecule has 2 aliphatic rings. The summed E-state index contributed by atoms with van der Waals surface area (Å²) in [5, 5.41) is 9.85. The lowest BCUT2D eigenvalue weighted by Gasteiger charge is -2.32. The standard InChI is InChI=1S/C26H34F3N5O5/c1-2-17-21(35)33-19(15-16-9-4-3-5-10-16)24(38)34-14-8-12-20(34)23(37)32-18(22(36)31-17)11-6-7-13-30-25(39)26(27,28)29/h3-5,9-10,17-20H,2,6-8,11-15H2,1H3,(H,30,39)(H,31,36)(H,32,37)(H,33,35)/t17-,18-,19-,20+/m0/s1. The van der Waals surface area contributed by atoms with Crippen LogP contribution in [0.25, 0.3) is 0 Å². The molecule has 4 atom stereocenters. The molecule has 10 nitrogen and oxygen atoms in total. The van der Waals surface area contributed by atoms with Crippen molar-refractivity contribution in [3.05, 3.63) is 35.9 Å². The number of unbranched alkanes of at least 4 members (excludes halogenated alkanes) is 1. The molecule has 1 aromatic carbocycles. The third-order valence-corrected chi connectivity index (χ3v) is 6.87. The van der Waals surface area contributed by atoms with Crippen molar-refractivity contribution in [2.24, 2.45) is 0 Å². The second-order valence-corrected chi connectivity index (χ2v) is 9.72. The summed E-state index contributed by atoms with van der Waals surface area (Å²) < 4.78 is 37.1. The van der Waals surface area contributed by atoms with Gasteiger partial charge in [-0.05, 0) is 44.1 Å². The summed E-state index contributed by atoms with van der Waals surface area (Å²) in [5.74, 6) is -4.08. The highest BCUT2D eigenvalue weighted by molar-refractivity contribution is 5.97. The van der Waals surface area contributed by atoms with Gasteiger partial charge in [0.25, 0.3) is 0 Å². The molecule has 2 saturated heterocycles. The molecule has 39 heavy (non-hydrogen) atoms. The highest BCUT2D eigenvalue weighted by atomic mass is 19.4. The van der Waals surface area contributed by atoms with Gasteiger partial charge in [0.2, 0.25) is 23.6 Å². The number of halogens is 3. The number of hydrogen-bond acceptors (Lipinski definition) is 5. The van der Waals surface area contributed by atoms with Crippen LogP contribution >= 0.6 is 0 Å². The molecule has 0 aromatic heterocycles. The second-order valence-electron chi connectivity index (χ2n) is 9.72. The molecule has 0 spiro atoms. The van der Waals surface area contributed by atoms with Gasteiger partial charge in [0.1, 0.15) is 24.2 Å². The number of nitrogens with zero attached hydrogens (tertiary/aromatic N) is 1. The van der Waals surface area contributed by atoms with Gasteiger partial charge in [-0.2, -0.15) is 13.2 Å². The summed E-state index contributed by atoms with van der Waals surface area (Å²) in [6.45, 7) is 1.76. The van der Waals surface area contributed by atoms with E-state index < -0.39 is 54.0 Å². The van der Waals surface area contributed by atoms with Crippen LogP contribution in [-0.2, 0) is 30.4 Å². The Labute approximate surface area is 224 Å². The Morgan fingerprint density at radius 1 is 0.949 bits per heavy atom. The fourth-order valence-electron chi connectivity index (χ4n) is 4.76. The van der Waals surface area contributed by atoms with Gasteiger partial charge in [-0.1, -0.05) is 37.3 Å². The Balaban J connectivity index is 1.75. The van der Waals surface area contributed by atoms with Crippen molar-refractivity contribution >= 4 is 29.5 Å². The largest absolute Gasteiger partial charge is 0.471 e. The minimum Gasteiger partial charge on any atom is -0.348 e. The van der Waals surface area contributed by atoms with E-state index in [4.69, 9.17) is 0 Å². The number of benzene rings is 1. The molecule has 0 radical (unpaired) electrons. The predicted octanol–water partition coefficient (Wildman–Crippen LogP) is 0.947. The molecular formula is C26H34F3N5O5. The van der Waals surface area contributed by atoms with E-state index in [1.807, 2.05) is 30.3 Å². The van der Waals surface area contributed by atoms with Crippen molar-refractivity contribution < 1.29 is 37.1 Å². The fourth-order valence-corrected chi connectivity index (χ4v) is 4.76. The van der Waals surface area contributed by atoms with Crippen LogP contribution in [0, 0.1) is 0 Å². The maximum Gasteiger partial charge on any atom is 0.471 e. The molecule has 214 valence electrons. The van der Waals surface area contributed by atoms with Crippen LogP contribution in [0.2, 0.25) is 0 Å². The minimum absolute atomic E-state index is 0.0643. The van der Waals surface area contributed by atoms with Gasteiger partial charge in [-0.3, -0.25) is 24.0 Å². The van der Waals surface area contributed by atoms with E-state index in [-0.39, 0.29) is 44.6 Å². The molecule has 2 fully saturated rings. The van der Waals surface area contributed by atoms with E-state index in [1.165, 1.54) is 4.90 Å². The Bertz CT molecular complexity index is 1050. The molecule has 0 bridgehead atoms. The third-order valence-electron chi connectivity index (χ3n) is 6.87. The van der Waals surface area contributed by atoms with Crippen LogP contribution in [0.4, 0.5) is 13.2 Å². The van der Waals surface area contributed by atoms with Crippen LogP contribution < -0.4 is 21.3 Å². The highest BCUT2D eigenvalue weighted by Gasteiger charge is 2.41. The van der Waals surface area contributed by atoms with Gasteiger partial charge in [-0.25, -0.2) is 0 Å². The highest BCUT2D eigenvalue weighted by Crippen LogP contribution is 2.21. The average Bonchev–Trinajstić information content (AvgIpc) is 3.39. The first-order valence-electron chi connectivity index (χ1n) is 13.1. The average molecular weight is 554 g/mol. The lowest BCUT2D eigenvalue weighted by molar-refractivity contribution is -0.173. The summed E-state index contributed by atoms with van der Waals surface area (Å²) >= 11 is 0. The molecule has 0 saturated carbocycles. The summed E-state index contributed by atoms with van der Waals surface area (Å²) in [6, 6.07) is 5.35. The number of amides is 5. The number of alkyl halides is 3. The lowest BCUT2D eigenvalue weighted by Crippen LogP contribution is -2.61.